The third-order valence-electron chi connectivity index (χ3n) is 3.51. The lowest BCUT2D eigenvalue weighted by molar-refractivity contribution is -0.139. The van der Waals surface area contributed by atoms with Crippen molar-refractivity contribution in [2.75, 3.05) is 20.2 Å². The van der Waals surface area contributed by atoms with Crippen molar-refractivity contribution in [3.63, 3.8) is 0 Å². The molecule has 0 aromatic rings. The van der Waals surface area contributed by atoms with Crippen LogP contribution >= 0.6 is 12.4 Å². The summed E-state index contributed by atoms with van der Waals surface area (Å²) in [6.45, 7) is 2.08. The van der Waals surface area contributed by atoms with E-state index in [9.17, 15) is 4.79 Å². The molecule has 1 saturated heterocycles. The molecule has 4 nitrogen and oxygen atoms in total. The van der Waals surface area contributed by atoms with Gasteiger partial charge in [-0.1, -0.05) is 0 Å². The third-order valence-corrected chi connectivity index (χ3v) is 3.51. The fraction of sp³-hybridized carbons (Fsp3) is 0.900. The van der Waals surface area contributed by atoms with Crippen LogP contribution < -0.4 is 10.8 Å². The van der Waals surface area contributed by atoms with Gasteiger partial charge in [-0.05, 0) is 44.7 Å². The molecular weight excluding hydrogens is 216 g/mol. The Balaban J connectivity index is 0.00000112. The fourth-order valence-electron chi connectivity index (χ4n) is 2.47. The zero-order valence-corrected chi connectivity index (χ0v) is 9.86. The molecule has 1 heterocycles. The molecule has 1 aliphatic carbocycles. The van der Waals surface area contributed by atoms with Crippen molar-refractivity contribution in [2.45, 2.75) is 25.7 Å². The van der Waals surface area contributed by atoms with Crippen molar-refractivity contribution >= 4 is 18.3 Å². The second-order valence-electron chi connectivity index (χ2n) is 4.33. The van der Waals surface area contributed by atoms with Gasteiger partial charge in [-0.3, -0.25) is 9.63 Å². The molecule has 1 aliphatic heterocycles. The highest BCUT2D eigenvalue weighted by Crippen LogP contribution is 2.54. The largest absolute Gasteiger partial charge is 0.316 e. The number of hydroxylamine groups is 1. The van der Waals surface area contributed by atoms with Gasteiger partial charge in [0.2, 0.25) is 5.91 Å². The number of piperidine rings is 1. The topological polar surface area (TPSA) is 50.4 Å². The standard InChI is InChI=1S/C10H18N2O2.ClH/c1-14-12-9(13)10(4-5-10)8-3-2-6-11-7-8;/h8,11H,2-7H2,1H3,(H,12,13);1H. The summed E-state index contributed by atoms with van der Waals surface area (Å²) >= 11 is 0. The number of amides is 1. The molecule has 88 valence electrons. The maximum absolute atomic E-state index is 11.8. The van der Waals surface area contributed by atoms with E-state index in [4.69, 9.17) is 4.84 Å². The van der Waals surface area contributed by atoms with Crippen LogP contribution in [0.1, 0.15) is 25.7 Å². The minimum absolute atomic E-state index is 0. The Bertz CT molecular complexity index is 225. The summed E-state index contributed by atoms with van der Waals surface area (Å²) in [5.41, 5.74) is 2.37. The fourth-order valence-corrected chi connectivity index (χ4v) is 2.47. The average molecular weight is 235 g/mol. The summed E-state index contributed by atoms with van der Waals surface area (Å²) in [6.07, 6.45) is 4.40. The number of carbonyl (C=O) groups is 1. The molecule has 2 N–H and O–H groups in total. The van der Waals surface area contributed by atoms with Crippen LogP contribution in [0.5, 0.6) is 0 Å². The molecular formula is C10H19ClN2O2. The van der Waals surface area contributed by atoms with Crippen LogP contribution in [0, 0.1) is 11.3 Å². The molecule has 2 aliphatic rings. The maximum Gasteiger partial charge on any atom is 0.250 e. The Morgan fingerprint density at radius 1 is 1.53 bits per heavy atom. The monoisotopic (exact) mass is 234 g/mol. The number of rotatable bonds is 3. The molecule has 0 spiro atoms. The van der Waals surface area contributed by atoms with Crippen LogP contribution in [0.2, 0.25) is 0 Å². The second kappa shape index (κ2) is 5.14. The van der Waals surface area contributed by atoms with Crippen LogP contribution in [0.25, 0.3) is 0 Å². The Kier molecular flexibility index (Phi) is 4.37. The SMILES string of the molecule is CONC(=O)C1(C2CCCNC2)CC1.Cl. The molecule has 5 heteroatoms. The summed E-state index contributed by atoms with van der Waals surface area (Å²) in [5.74, 6) is 0.583. The van der Waals surface area contributed by atoms with Crippen LogP contribution in [0.4, 0.5) is 0 Å². The Labute approximate surface area is 96.5 Å². The summed E-state index contributed by atoms with van der Waals surface area (Å²) in [6, 6.07) is 0. The highest BCUT2D eigenvalue weighted by atomic mass is 35.5. The first-order chi connectivity index (χ1) is 6.79. The van der Waals surface area contributed by atoms with Crippen LogP contribution in [0.3, 0.4) is 0 Å². The van der Waals surface area contributed by atoms with E-state index in [-0.39, 0.29) is 23.7 Å². The lowest BCUT2D eigenvalue weighted by Gasteiger charge is -2.29. The molecule has 1 amide bonds. The van der Waals surface area contributed by atoms with Gasteiger partial charge >= 0.3 is 0 Å². The second-order valence-corrected chi connectivity index (χ2v) is 4.33. The van der Waals surface area contributed by atoms with Crippen LogP contribution in [0.15, 0.2) is 0 Å². The van der Waals surface area contributed by atoms with Crippen molar-refractivity contribution in [1.29, 1.82) is 0 Å². The van der Waals surface area contributed by atoms with E-state index in [1.165, 1.54) is 20.0 Å². The van der Waals surface area contributed by atoms with Crippen molar-refractivity contribution in [2.24, 2.45) is 11.3 Å². The quantitative estimate of drug-likeness (QED) is 0.713. The maximum atomic E-state index is 11.8. The smallest absolute Gasteiger partial charge is 0.250 e. The predicted molar refractivity (Wildman–Crippen MR) is 59.7 cm³/mol. The van der Waals surface area contributed by atoms with E-state index in [0.29, 0.717) is 5.92 Å². The van der Waals surface area contributed by atoms with Gasteiger partial charge in [0.1, 0.15) is 0 Å². The highest BCUT2D eigenvalue weighted by molar-refractivity contribution is 5.85. The molecule has 15 heavy (non-hydrogen) atoms. The predicted octanol–water partition coefficient (Wildman–Crippen LogP) is 0.866. The van der Waals surface area contributed by atoms with Crippen molar-refractivity contribution < 1.29 is 9.63 Å². The van der Waals surface area contributed by atoms with E-state index in [1.807, 2.05) is 0 Å². The Morgan fingerprint density at radius 3 is 2.73 bits per heavy atom. The normalized spacial score (nSPS) is 27.7. The number of hydrogen-bond acceptors (Lipinski definition) is 3. The van der Waals surface area contributed by atoms with Crippen LogP contribution in [-0.2, 0) is 9.63 Å². The molecule has 0 aromatic heterocycles. The Hall–Kier alpha value is -0.320. The molecule has 2 fully saturated rings. The average Bonchev–Trinajstić information content (AvgIpc) is 3.00. The van der Waals surface area contributed by atoms with Crippen molar-refractivity contribution in [3.8, 4) is 0 Å². The number of carbonyl (C=O) groups excluding carboxylic acids is 1. The first-order valence-corrected chi connectivity index (χ1v) is 5.34. The summed E-state index contributed by atoms with van der Waals surface area (Å²) in [4.78, 5) is 16.5. The van der Waals surface area contributed by atoms with Gasteiger partial charge in [0.05, 0.1) is 12.5 Å². The molecule has 1 unspecified atom stereocenters. The van der Waals surface area contributed by atoms with Crippen molar-refractivity contribution in [1.82, 2.24) is 10.8 Å². The number of halogens is 1. The lowest BCUT2D eigenvalue weighted by atomic mass is 9.83. The molecule has 0 bridgehead atoms. The van der Waals surface area contributed by atoms with E-state index in [0.717, 1.165) is 25.9 Å². The molecule has 1 atom stereocenters. The summed E-state index contributed by atoms with van der Waals surface area (Å²) in [5, 5.41) is 3.36. The van der Waals surface area contributed by atoms with Gasteiger partial charge in [-0.25, -0.2) is 5.48 Å². The zero-order chi connectivity index (χ0) is 10.0. The first kappa shape index (κ1) is 12.7. The number of nitrogens with one attached hydrogen (secondary N) is 2. The van der Waals surface area contributed by atoms with Crippen molar-refractivity contribution in [3.05, 3.63) is 0 Å². The molecule has 2 rings (SSSR count). The van der Waals surface area contributed by atoms with E-state index in [2.05, 4.69) is 10.8 Å². The van der Waals surface area contributed by atoms with Gasteiger partial charge in [0.25, 0.3) is 0 Å². The van der Waals surface area contributed by atoms with Gasteiger partial charge in [-0.2, -0.15) is 0 Å². The summed E-state index contributed by atoms with van der Waals surface area (Å²) in [7, 11) is 1.49. The van der Waals surface area contributed by atoms with Gasteiger partial charge in [0.15, 0.2) is 0 Å². The van der Waals surface area contributed by atoms with E-state index < -0.39 is 0 Å². The molecule has 1 saturated carbocycles. The first-order valence-electron chi connectivity index (χ1n) is 5.34. The minimum atomic E-state index is -0.108. The molecule has 0 aromatic carbocycles. The lowest BCUT2D eigenvalue weighted by Crippen LogP contribution is -2.42. The van der Waals surface area contributed by atoms with Gasteiger partial charge in [0, 0.05) is 0 Å². The van der Waals surface area contributed by atoms with Crippen LogP contribution in [-0.4, -0.2) is 26.1 Å². The third kappa shape index (κ3) is 2.44. The van der Waals surface area contributed by atoms with E-state index >= 15 is 0 Å². The van der Waals surface area contributed by atoms with E-state index in [1.54, 1.807) is 0 Å². The molecule has 0 radical (unpaired) electrons. The van der Waals surface area contributed by atoms with Gasteiger partial charge < -0.3 is 5.32 Å². The summed E-state index contributed by atoms with van der Waals surface area (Å²) < 4.78 is 0. The number of hydrogen-bond donors (Lipinski definition) is 2. The minimum Gasteiger partial charge on any atom is -0.316 e. The Morgan fingerprint density at radius 2 is 2.27 bits per heavy atom. The zero-order valence-electron chi connectivity index (χ0n) is 9.04. The highest BCUT2D eigenvalue weighted by Gasteiger charge is 2.55. The van der Waals surface area contributed by atoms with Gasteiger partial charge in [-0.15, -0.1) is 12.4 Å².